The molecule has 0 saturated carbocycles. The van der Waals surface area contributed by atoms with Gasteiger partial charge in [-0.3, -0.25) is 0 Å². The van der Waals surface area contributed by atoms with Crippen LogP contribution in [0.15, 0.2) is 0 Å². The largest absolute Gasteiger partial charge is 0.316 e. The zero-order valence-corrected chi connectivity index (χ0v) is 9.96. The number of hydrogen-bond acceptors (Lipinski definition) is 3. The van der Waals surface area contributed by atoms with Crippen LogP contribution in [0.1, 0.15) is 19.3 Å². The van der Waals surface area contributed by atoms with Crippen LogP contribution in [0.5, 0.6) is 0 Å². The van der Waals surface area contributed by atoms with Gasteiger partial charge in [0.25, 0.3) is 10.2 Å². The first kappa shape index (κ1) is 11.3. The Morgan fingerprint density at radius 1 is 1.13 bits per heavy atom. The molecule has 2 aliphatic heterocycles. The van der Waals surface area contributed by atoms with E-state index < -0.39 is 10.2 Å². The Hall–Kier alpha value is -0.170. The molecule has 0 aromatic heterocycles. The van der Waals surface area contributed by atoms with E-state index in [1.54, 1.807) is 8.61 Å². The molecule has 1 atom stereocenters. The van der Waals surface area contributed by atoms with Gasteiger partial charge < -0.3 is 5.32 Å². The summed E-state index contributed by atoms with van der Waals surface area (Å²) in [7, 11) is -1.27. The molecule has 1 N–H and O–H groups in total. The first-order valence-electron chi connectivity index (χ1n) is 5.57. The third-order valence-electron chi connectivity index (χ3n) is 3.28. The van der Waals surface area contributed by atoms with Gasteiger partial charge in [-0.15, -0.1) is 0 Å². The smallest absolute Gasteiger partial charge is 0.282 e. The Morgan fingerprint density at radius 2 is 1.80 bits per heavy atom. The van der Waals surface area contributed by atoms with Crippen molar-refractivity contribution >= 4 is 10.2 Å². The molecule has 0 radical (unpaired) electrons. The van der Waals surface area contributed by atoms with Gasteiger partial charge in [-0.05, 0) is 26.3 Å². The summed E-state index contributed by atoms with van der Waals surface area (Å²) in [5, 5.41) is 3.13. The maximum absolute atomic E-state index is 12.1. The second-order valence-corrected chi connectivity index (χ2v) is 6.17. The molecule has 2 heterocycles. The van der Waals surface area contributed by atoms with Crippen LogP contribution in [-0.4, -0.2) is 56.3 Å². The predicted octanol–water partition coefficient (Wildman–Crippen LogP) is -0.379. The highest BCUT2D eigenvalue weighted by atomic mass is 32.2. The summed E-state index contributed by atoms with van der Waals surface area (Å²) in [6.07, 6.45) is 2.93. The van der Waals surface area contributed by atoms with E-state index in [1.807, 2.05) is 7.05 Å². The van der Waals surface area contributed by atoms with Crippen LogP contribution in [0.4, 0.5) is 0 Å². The van der Waals surface area contributed by atoms with E-state index in [1.165, 1.54) is 0 Å². The van der Waals surface area contributed by atoms with Crippen LogP contribution >= 0.6 is 0 Å². The van der Waals surface area contributed by atoms with E-state index in [0.29, 0.717) is 32.2 Å². The first-order valence-corrected chi connectivity index (χ1v) is 6.97. The second-order valence-electron chi connectivity index (χ2n) is 4.25. The van der Waals surface area contributed by atoms with Gasteiger partial charge >= 0.3 is 0 Å². The van der Waals surface area contributed by atoms with E-state index in [4.69, 9.17) is 0 Å². The topological polar surface area (TPSA) is 52.7 Å². The van der Waals surface area contributed by atoms with Gasteiger partial charge in [0.1, 0.15) is 0 Å². The van der Waals surface area contributed by atoms with Crippen LogP contribution in [0.25, 0.3) is 0 Å². The summed E-state index contributed by atoms with van der Waals surface area (Å²) < 4.78 is 27.5. The fraction of sp³-hybridized carbons (Fsp3) is 1.00. The number of nitrogens with zero attached hydrogens (tertiary/aromatic N) is 2. The summed E-state index contributed by atoms with van der Waals surface area (Å²) in [5.41, 5.74) is 0. The van der Waals surface area contributed by atoms with Crippen molar-refractivity contribution in [2.45, 2.75) is 25.3 Å². The van der Waals surface area contributed by atoms with Gasteiger partial charge in [0, 0.05) is 32.2 Å². The minimum atomic E-state index is -3.15. The van der Waals surface area contributed by atoms with Gasteiger partial charge in [-0.25, -0.2) is 0 Å². The summed E-state index contributed by atoms with van der Waals surface area (Å²) in [4.78, 5) is 0. The second kappa shape index (κ2) is 4.37. The van der Waals surface area contributed by atoms with Crippen molar-refractivity contribution in [3.05, 3.63) is 0 Å². The number of rotatable bonds is 3. The maximum atomic E-state index is 12.1. The Morgan fingerprint density at radius 3 is 2.33 bits per heavy atom. The molecule has 0 aliphatic carbocycles. The molecule has 2 rings (SSSR count). The predicted molar refractivity (Wildman–Crippen MR) is 58.8 cm³/mol. The van der Waals surface area contributed by atoms with Crippen LogP contribution < -0.4 is 5.32 Å². The maximum Gasteiger partial charge on any atom is 0.282 e. The van der Waals surface area contributed by atoms with Crippen molar-refractivity contribution in [2.75, 3.05) is 33.2 Å². The number of likely N-dealkylation sites (N-methyl/N-ethyl adjacent to an activating group) is 1. The SMILES string of the molecule is CNC1CCN(S(=O)(=O)N2CCCC2)C1. The first-order chi connectivity index (χ1) is 7.14. The lowest BCUT2D eigenvalue weighted by Gasteiger charge is -2.23. The van der Waals surface area contributed by atoms with Gasteiger partial charge in [0.2, 0.25) is 0 Å². The van der Waals surface area contributed by atoms with Gasteiger partial charge in [-0.1, -0.05) is 0 Å². The summed E-state index contributed by atoms with van der Waals surface area (Å²) in [6.45, 7) is 2.67. The molecule has 2 aliphatic rings. The molecule has 0 spiro atoms. The average molecular weight is 233 g/mol. The normalized spacial score (nSPS) is 30.1. The standard InChI is InChI=1S/C9H19N3O2S/c1-10-9-4-7-12(8-9)15(13,14)11-5-2-3-6-11/h9-10H,2-8H2,1H3. The lowest BCUT2D eigenvalue weighted by atomic mass is 10.3. The third-order valence-corrected chi connectivity index (χ3v) is 5.28. The van der Waals surface area contributed by atoms with Crippen molar-refractivity contribution in [2.24, 2.45) is 0 Å². The molecule has 2 fully saturated rings. The quantitative estimate of drug-likeness (QED) is 0.723. The molecule has 0 aromatic rings. The fourth-order valence-electron chi connectivity index (χ4n) is 2.26. The fourth-order valence-corrected chi connectivity index (χ4v) is 4.01. The minimum absolute atomic E-state index is 0.322. The average Bonchev–Trinajstić information content (AvgIpc) is 2.89. The molecule has 15 heavy (non-hydrogen) atoms. The summed E-state index contributed by atoms with van der Waals surface area (Å²) in [6, 6.07) is 0.322. The van der Waals surface area contributed by atoms with E-state index >= 15 is 0 Å². The third kappa shape index (κ3) is 2.18. The highest BCUT2D eigenvalue weighted by molar-refractivity contribution is 7.86. The van der Waals surface area contributed by atoms with Gasteiger partial charge in [0.15, 0.2) is 0 Å². The molecule has 0 bridgehead atoms. The molecule has 88 valence electrons. The lowest BCUT2D eigenvalue weighted by molar-refractivity contribution is 0.392. The molecule has 2 saturated heterocycles. The van der Waals surface area contributed by atoms with E-state index in [-0.39, 0.29) is 0 Å². The van der Waals surface area contributed by atoms with Crippen LogP contribution in [0.3, 0.4) is 0 Å². The Balaban J connectivity index is 2.03. The molecular weight excluding hydrogens is 214 g/mol. The van der Waals surface area contributed by atoms with Crippen molar-refractivity contribution in [3.8, 4) is 0 Å². The van der Waals surface area contributed by atoms with E-state index in [9.17, 15) is 8.42 Å². The minimum Gasteiger partial charge on any atom is -0.316 e. The number of nitrogens with one attached hydrogen (secondary N) is 1. The Labute approximate surface area is 91.6 Å². The molecule has 0 amide bonds. The molecule has 5 nitrogen and oxygen atoms in total. The van der Waals surface area contributed by atoms with Crippen molar-refractivity contribution in [1.82, 2.24) is 13.9 Å². The van der Waals surface area contributed by atoms with E-state index in [0.717, 1.165) is 19.3 Å². The van der Waals surface area contributed by atoms with Crippen LogP contribution in [0, 0.1) is 0 Å². The molecule has 1 unspecified atom stereocenters. The lowest BCUT2D eigenvalue weighted by Crippen LogP contribution is -2.42. The summed E-state index contributed by atoms with van der Waals surface area (Å²) >= 11 is 0. The Bertz CT molecular complexity index is 311. The molecule has 0 aromatic carbocycles. The highest BCUT2D eigenvalue weighted by Crippen LogP contribution is 2.20. The van der Waals surface area contributed by atoms with Crippen LogP contribution in [-0.2, 0) is 10.2 Å². The molecular formula is C9H19N3O2S. The van der Waals surface area contributed by atoms with E-state index in [2.05, 4.69) is 5.32 Å². The zero-order chi connectivity index (χ0) is 10.9. The monoisotopic (exact) mass is 233 g/mol. The Kier molecular flexibility index (Phi) is 3.30. The van der Waals surface area contributed by atoms with Crippen molar-refractivity contribution in [3.63, 3.8) is 0 Å². The van der Waals surface area contributed by atoms with Crippen LogP contribution in [0.2, 0.25) is 0 Å². The summed E-state index contributed by atoms with van der Waals surface area (Å²) in [5.74, 6) is 0. The zero-order valence-electron chi connectivity index (χ0n) is 9.15. The number of hydrogen-bond donors (Lipinski definition) is 1. The van der Waals surface area contributed by atoms with Gasteiger partial charge in [-0.2, -0.15) is 17.0 Å². The molecule has 6 heteroatoms. The van der Waals surface area contributed by atoms with Crippen molar-refractivity contribution in [1.29, 1.82) is 0 Å². The van der Waals surface area contributed by atoms with Crippen molar-refractivity contribution < 1.29 is 8.42 Å². The highest BCUT2D eigenvalue weighted by Gasteiger charge is 2.35. The van der Waals surface area contributed by atoms with Gasteiger partial charge in [0.05, 0.1) is 0 Å².